The molecule has 9 heteroatoms. The van der Waals surface area contributed by atoms with Gasteiger partial charge in [0.05, 0.1) is 22.8 Å². The summed E-state index contributed by atoms with van der Waals surface area (Å²) >= 11 is 0. The summed E-state index contributed by atoms with van der Waals surface area (Å²) in [5, 5.41) is 3.20. The number of para-hydroxylation sites is 2. The number of carbonyl (C=O) groups is 2. The number of nitrogens with one attached hydrogen (secondary N) is 2. The number of sulfonamides is 1. The average molecular weight is 479 g/mol. The first-order chi connectivity index (χ1) is 16.3. The molecule has 0 aliphatic rings. The number of carbonyl (C=O) groups excluding carboxylic acids is 2. The molecule has 34 heavy (non-hydrogen) atoms. The second kappa shape index (κ2) is 9.40. The third-order valence-electron chi connectivity index (χ3n) is 5.04. The fraction of sp³-hybridized carbons (Fsp3) is 0.120. The lowest BCUT2D eigenvalue weighted by atomic mass is 10.1. The molecule has 0 spiro atoms. The lowest BCUT2D eigenvalue weighted by molar-refractivity contribution is 0.0494. The number of esters is 1. The van der Waals surface area contributed by atoms with Gasteiger partial charge in [-0.1, -0.05) is 42.0 Å². The molecular weight excluding hydrogens is 456 g/mol. The first kappa shape index (κ1) is 23.1. The van der Waals surface area contributed by atoms with Crippen LogP contribution >= 0.6 is 0 Å². The van der Waals surface area contributed by atoms with Crippen LogP contribution in [0.2, 0.25) is 0 Å². The highest BCUT2D eigenvalue weighted by atomic mass is 32.2. The third kappa shape index (κ3) is 4.65. The molecule has 1 aromatic heterocycles. The van der Waals surface area contributed by atoms with Crippen LogP contribution in [0.3, 0.4) is 0 Å². The van der Waals surface area contributed by atoms with Crippen LogP contribution in [-0.4, -0.2) is 26.9 Å². The van der Waals surface area contributed by atoms with Crippen LogP contribution in [0.1, 0.15) is 33.4 Å². The summed E-state index contributed by atoms with van der Waals surface area (Å²) < 4.78 is 38.9. The molecule has 0 atom stereocenters. The van der Waals surface area contributed by atoms with Crippen LogP contribution in [0.15, 0.2) is 82.1 Å². The number of hydrogen-bond acceptors (Lipinski definition) is 6. The highest BCUT2D eigenvalue weighted by molar-refractivity contribution is 7.92. The zero-order valence-electron chi connectivity index (χ0n) is 18.5. The molecule has 8 nitrogen and oxygen atoms in total. The third-order valence-corrected chi connectivity index (χ3v) is 6.42. The number of anilines is 2. The summed E-state index contributed by atoms with van der Waals surface area (Å²) in [6.45, 7) is 3.65. The summed E-state index contributed by atoms with van der Waals surface area (Å²) in [6.07, 6.45) is 0. The largest absolute Gasteiger partial charge is 0.460 e. The lowest BCUT2D eigenvalue weighted by Crippen LogP contribution is -2.19. The molecule has 0 radical (unpaired) electrons. The summed E-state index contributed by atoms with van der Waals surface area (Å²) in [5.74, 6) is -1.49. The fourth-order valence-corrected chi connectivity index (χ4v) is 4.46. The highest BCUT2D eigenvalue weighted by Gasteiger charge is 2.25. The Balaban J connectivity index is 1.68. The predicted octanol–water partition coefficient (Wildman–Crippen LogP) is 4.97. The SMILES string of the molecule is CCOC(=O)c1oc2ccccc2c1NC(=O)c1ccccc1NS(=O)(=O)c1ccc(C)cc1. The molecule has 0 fully saturated rings. The van der Waals surface area contributed by atoms with Crippen molar-refractivity contribution in [2.75, 3.05) is 16.6 Å². The van der Waals surface area contributed by atoms with Gasteiger partial charge in [-0.3, -0.25) is 9.52 Å². The quantitative estimate of drug-likeness (QED) is 0.363. The summed E-state index contributed by atoms with van der Waals surface area (Å²) in [7, 11) is -3.93. The maximum atomic E-state index is 13.2. The van der Waals surface area contributed by atoms with Crippen molar-refractivity contribution in [3.63, 3.8) is 0 Å². The van der Waals surface area contributed by atoms with Gasteiger partial charge < -0.3 is 14.5 Å². The van der Waals surface area contributed by atoms with Crippen molar-refractivity contribution < 1.29 is 27.2 Å². The zero-order chi connectivity index (χ0) is 24.3. The number of fused-ring (bicyclic) bond motifs is 1. The summed E-state index contributed by atoms with van der Waals surface area (Å²) in [4.78, 5) is 25.7. The van der Waals surface area contributed by atoms with E-state index >= 15 is 0 Å². The molecule has 0 aliphatic heterocycles. The molecule has 1 heterocycles. The second-order valence-electron chi connectivity index (χ2n) is 7.44. The van der Waals surface area contributed by atoms with Crippen molar-refractivity contribution in [2.45, 2.75) is 18.7 Å². The van der Waals surface area contributed by atoms with E-state index in [1.807, 2.05) is 6.92 Å². The first-order valence-corrected chi connectivity index (χ1v) is 12.0. The van der Waals surface area contributed by atoms with Gasteiger partial charge in [0.15, 0.2) is 0 Å². The number of aryl methyl sites for hydroxylation is 1. The van der Waals surface area contributed by atoms with Gasteiger partial charge in [-0.05, 0) is 50.2 Å². The van der Waals surface area contributed by atoms with Crippen molar-refractivity contribution in [1.29, 1.82) is 0 Å². The van der Waals surface area contributed by atoms with Crippen LogP contribution in [0.5, 0.6) is 0 Å². The number of rotatable bonds is 7. The number of amides is 1. The van der Waals surface area contributed by atoms with Gasteiger partial charge in [0.2, 0.25) is 5.76 Å². The van der Waals surface area contributed by atoms with E-state index in [9.17, 15) is 18.0 Å². The van der Waals surface area contributed by atoms with Crippen molar-refractivity contribution >= 4 is 44.2 Å². The minimum Gasteiger partial charge on any atom is -0.460 e. The van der Waals surface area contributed by atoms with Gasteiger partial charge in [0.25, 0.3) is 15.9 Å². The minimum atomic E-state index is -3.93. The van der Waals surface area contributed by atoms with E-state index in [1.165, 1.54) is 24.3 Å². The summed E-state index contributed by atoms with van der Waals surface area (Å²) in [5.41, 5.74) is 1.62. The van der Waals surface area contributed by atoms with E-state index in [-0.39, 0.29) is 34.2 Å². The Morgan fingerprint density at radius 3 is 2.35 bits per heavy atom. The molecule has 2 N–H and O–H groups in total. The topological polar surface area (TPSA) is 115 Å². The molecule has 4 rings (SSSR count). The van der Waals surface area contributed by atoms with Gasteiger partial charge in [-0.15, -0.1) is 0 Å². The van der Waals surface area contributed by atoms with Crippen LogP contribution < -0.4 is 10.0 Å². The van der Waals surface area contributed by atoms with Crippen LogP contribution in [0.4, 0.5) is 11.4 Å². The van der Waals surface area contributed by atoms with E-state index in [2.05, 4.69) is 10.0 Å². The van der Waals surface area contributed by atoms with Crippen LogP contribution in [0.25, 0.3) is 11.0 Å². The number of ether oxygens (including phenoxy) is 1. The molecule has 0 unspecified atom stereocenters. The number of furan rings is 1. The number of benzene rings is 3. The highest BCUT2D eigenvalue weighted by Crippen LogP contribution is 2.32. The van der Waals surface area contributed by atoms with Gasteiger partial charge >= 0.3 is 5.97 Å². The number of hydrogen-bond donors (Lipinski definition) is 2. The fourth-order valence-electron chi connectivity index (χ4n) is 3.38. The van der Waals surface area contributed by atoms with Gasteiger partial charge in [-0.25, -0.2) is 13.2 Å². The van der Waals surface area contributed by atoms with E-state index in [0.29, 0.717) is 11.0 Å². The second-order valence-corrected chi connectivity index (χ2v) is 9.12. The Bertz CT molecular complexity index is 1470. The zero-order valence-corrected chi connectivity index (χ0v) is 19.3. The van der Waals surface area contributed by atoms with E-state index in [1.54, 1.807) is 55.5 Å². The van der Waals surface area contributed by atoms with E-state index in [0.717, 1.165) is 5.56 Å². The Morgan fingerprint density at radius 2 is 1.62 bits per heavy atom. The monoisotopic (exact) mass is 478 g/mol. The van der Waals surface area contributed by atoms with E-state index < -0.39 is 21.9 Å². The molecule has 0 bridgehead atoms. The maximum absolute atomic E-state index is 13.2. The van der Waals surface area contributed by atoms with E-state index in [4.69, 9.17) is 9.15 Å². The molecule has 1 amide bonds. The molecule has 0 aliphatic carbocycles. The summed E-state index contributed by atoms with van der Waals surface area (Å²) in [6, 6.07) is 19.4. The lowest BCUT2D eigenvalue weighted by Gasteiger charge is -2.13. The average Bonchev–Trinajstić information content (AvgIpc) is 3.18. The van der Waals surface area contributed by atoms with Crippen molar-refractivity contribution in [1.82, 2.24) is 0 Å². The standard InChI is InChI=1S/C25H22N2O6S/c1-3-32-25(29)23-22(19-9-5-7-11-21(19)33-23)26-24(28)18-8-4-6-10-20(18)27-34(30,31)17-14-12-16(2)13-15-17/h4-15,27H,3H2,1-2H3,(H,26,28). The maximum Gasteiger partial charge on any atom is 0.376 e. The minimum absolute atomic E-state index is 0.0678. The predicted molar refractivity (Wildman–Crippen MR) is 129 cm³/mol. The first-order valence-electron chi connectivity index (χ1n) is 10.5. The Labute approximate surface area is 196 Å². The van der Waals surface area contributed by atoms with Crippen LogP contribution in [-0.2, 0) is 14.8 Å². The molecule has 4 aromatic rings. The molecule has 0 saturated heterocycles. The van der Waals surface area contributed by atoms with Crippen molar-refractivity contribution in [3.05, 3.63) is 89.7 Å². The molecule has 0 saturated carbocycles. The Hall–Kier alpha value is -4.11. The normalized spacial score (nSPS) is 11.2. The van der Waals surface area contributed by atoms with Crippen LogP contribution in [0, 0.1) is 6.92 Å². The molecular formula is C25H22N2O6S. The van der Waals surface area contributed by atoms with Gasteiger partial charge in [0.1, 0.15) is 11.3 Å². The van der Waals surface area contributed by atoms with Crippen molar-refractivity contribution in [2.24, 2.45) is 0 Å². The molecule has 174 valence electrons. The molecule has 3 aromatic carbocycles. The Kier molecular flexibility index (Phi) is 6.38. The van der Waals surface area contributed by atoms with Crippen molar-refractivity contribution in [3.8, 4) is 0 Å². The Morgan fingerprint density at radius 1 is 0.941 bits per heavy atom. The van der Waals surface area contributed by atoms with Gasteiger partial charge in [-0.2, -0.15) is 0 Å². The van der Waals surface area contributed by atoms with Gasteiger partial charge in [0, 0.05) is 5.39 Å². The smallest absolute Gasteiger partial charge is 0.376 e.